The fourth-order valence-corrected chi connectivity index (χ4v) is 2.44. The van der Waals surface area contributed by atoms with E-state index in [1.54, 1.807) is 0 Å². The van der Waals surface area contributed by atoms with E-state index in [-0.39, 0.29) is 6.10 Å². The monoisotopic (exact) mass is 229 g/mol. The first kappa shape index (κ1) is 13.9. The van der Waals surface area contributed by atoms with Gasteiger partial charge in [-0.15, -0.1) is 0 Å². The fourth-order valence-electron chi connectivity index (χ4n) is 2.44. The maximum atomic E-state index is 9.64. The summed E-state index contributed by atoms with van der Waals surface area (Å²) in [6, 6.07) is 0.525. The van der Waals surface area contributed by atoms with Crippen LogP contribution in [0.4, 0.5) is 0 Å². The molecule has 0 heterocycles. The Morgan fingerprint density at radius 1 is 1.31 bits per heavy atom. The van der Waals surface area contributed by atoms with Crippen molar-refractivity contribution >= 4 is 0 Å². The standard InChI is InChI=1S/C13H27NO2/c1-3-16-10-13(15)9-14-11(2)12-7-5-4-6-8-12/h11-15H,3-10H2,1-2H3/t11-,13?/m0/s1. The molecule has 0 spiro atoms. The molecule has 0 aliphatic heterocycles. The lowest BCUT2D eigenvalue weighted by atomic mass is 9.84. The lowest BCUT2D eigenvalue weighted by Gasteiger charge is -2.29. The van der Waals surface area contributed by atoms with E-state index in [0.29, 0.717) is 25.8 Å². The zero-order valence-electron chi connectivity index (χ0n) is 10.7. The molecule has 3 heteroatoms. The van der Waals surface area contributed by atoms with E-state index in [4.69, 9.17) is 4.74 Å². The van der Waals surface area contributed by atoms with Gasteiger partial charge in [-0.3, -0.25) is 0 Å². The molecule has 2 atom stereocenters. The van der Waals surface area contributed by atoms with Crippen molar-refractivity contribution in [2.45, 2.75) is 58.1 Å². The molecule has 1 rings (SSSR count). The van der Waals surface area contributed by atoms with Crippen LogP contribution in [-0.4, -0.2) is 37.0 Å². The van der Waals surface area contributed by atoms with E-state index in [2.05, 4.69) is 12.2 Å². The third kappa shape index (κ3) is 5.28. The van der Waals surface area contributed by atoms with Crippen molar-refractivity contribution in [3.05, 3.63) is 0 Å². The third-order valence-corrected chi connectivity index (χ3v) is 3.55. The quantitative estimate of drug-likeness (QED) is 0.701. The Kier molecular flexibility index (Phi) is 7.01. The smallest absolute Gasteiger partial charge is 0.0897 e. The minimum atomic E-state index is -0.369. The van der Waals surface area contributed by atoms with Gasteiger partial charge in [0.15, 0.2) is 0 Å². The van der Waals surface area contributed by atoms with Gasteiger partial charge in [-0.05, 0) is 32.6 Å². The van der Waals surface area contributed by atoms with Crippen molar-refractivity contribution in [1.82, 2.24) is 5.32 Å². The molecule has 0 radical (unpaired) electrons. The Labute approximate surface area is 99.6 Å². The van der Waals surface area contributed by atoms with E-state index >= 15 is 0 Å². The molecule has 0 aromatic heterocycles. The van der Waals surface area contributed by atoms with Crippen LogP contribution >= 0.6 is 0 Å². The van der Waals surface area contributed by atoms with Crippen LogP contribution in [0.1, 0.15) is 46.0 Å². The van der Waals surface area contributed by atoms with Crippen LogP contribution in [0.3, 0.4) is 0 Å². The lowest BCUT2D eigenvalue weighted by molar-refractivity contribution is 0.0401. The number of aliphatic hydroxyl groups excluding tert-OH is 1. The van der Waals surface area contributed by atoms with Gasteiger partial charge in [-0.2, -0.15) is 0 Å². The van der Waals surface area contributed by atoms with Gasteiger partial charge in [-0.25, -0.2) is 0 Å². The van der Waals surface area contributed by atoms with Gasteiger partial charge in [0.1, 0.15) is 0 Å². The molecule has 2 N–H and O–H groups in total. The van der Waals surface area contributed by atoms with Crippen LogP contribution in [0, 0.1) is 5.92 Å². The lowest BCUT2D eigenvalue weighted by Crippen LogP contribution is -2.40. The summed E-state index contributed by atoms with van der Waals surface area (Å²) in [7, 11) is 0. The number of aliphatic hydroxyl groups is 1. The Bertz CT molecular complexity index is 169. The SMILES string of the molecule is CCOCC(O)CN[C@@H](C)C1CCCCC1. The second kappa shape index (κ2) is 8.04. The molecule has 0 aromatic carbocycles. The van der Waals surface area contributed by atoms with Crippen molar-refractivity contribution in [2.75, 3.05) is 19.8 Å². The van der Waals surface area contributed by atoms with E-state index in [1.807, 2.05) is 6.92 Å². The average Bonchev–Trinajstić information content (AvgIpc) is 2.34. The average molecular weight is 229 g/mol. The second-order valence-corrected chi connectivity index (χ2v) is 4.91. The summed E-state index contributed by atoms with van der Waals surface area (Å²) in [5.41, 5.74) is 0. The molecule has 1 aliphatic carbocycles. The van der Waals surface area contributed by atoms with E-state index in [0.717, 1.165) is 5.92 Å². The minimum Gasteiger partial charge on any atom is -0.389 e. The first-order valence-corrected chi connectivity index (χ1v) is 6.73. The zero-order chi connectivity index (χ0) is 11.8. The van der Waals surface area contributed by atoms with E-state index < -0.39 is 0 Å². The topological polar surface area (TPSA) is 41.5 Å². The van der Waals surface area contributed by atoms with Crippen LogP contribution in [0.2, 0.25) is 0 Å². The maximum absolute atomic E-state index is 9.64. The minimum absolute atomic E-state index is 0.369. The van der Waals surface area contributed by atoms with Crippen LogP contribution < -0.4 is 5.32 Å². The predicted molar refractivity (Wildman–Crippen MR) is 66.5 cm³/mol. The van der Waals surface area contributed by atoms with Crippen molar-refractivity contribution in [3.8, 4) is 0 Å². The summed E-state index contributed by atoms with van der Waals surface area (Å²) in [6.07, 6.45) is 6.46. The Hall–Kier alpha value is -0.120. The van der Waals surface area contributed by atoms with Gasteiger partial charge in [0.05, 0.1) is 12.7 Å². The van der Waals surface area contributed by atoms with Gasteiger partial charge < -0.3 is 15.2 Å². The molecule has 0 amide bonds. The third-order valence-electron chi connectivity index (χ3n) is 3.55. The van der Waals surface area contributed by atoms with E-state index in [9.17, 15) is 5.11 Å². The van der Waals surface area contributed by atoms with Crippen molar-refractivity contribution in [2.24, 2.45) is 5.92 Å². The number of rotatable bonds is 7. The molecule has 1 unspecified atom stereocenters. The maximum Gasteiger partial charge on any atom is 0.0897 e. The van der Waals surface area contributed by atoms with Gasteiger partial charge in [0.25, 0.3) is 0 Å². The Balaban J connectivity index is 2.10. The number of hydrogen-bond acceptors (Lipinski definition) is 3. The molecule has 3 nitrogen and oxygen atoms in total. The highest BCUT2D eigenvalue weighted by atomic mass is 16.5. The van der Waals surface area contributed by atoms with Crippen LogP contribution in [0.15, 0.2) is 0 Å². The molecule has 1 saturated carbocycles. The zero-order valence-corrected chi connectivity index (χ0v) is 10.7. The Morgan fingerprint density at radius 2 is 2.00 bits per heavy atom. The van der Waals surface area contributed by atoms with E-state index in [1.165, 1.54) is 32.1 Å². The summed E-state index contributed by atoms with van der Waals surface area (Å²) in [4.78, 5) is 0. The van der Waals surface area contributed by atoms with Gasteiger partial charge >= 0.3 is 0 Å². The Morgan fingerprint density at radius 3 is 2.62 bits per heavy atom. The number of nitrogens with one attached hydrogen (secondary N) is 1. The van der Waals surface area contributed by atoms with Gasteiger partial charge in [0.2, 0.25) is 0 Å². The molecule has 96 valence electrons. The fraction of sp³-hybridized carbons (Fsp3) is 1.00. The normalized spacial score (nSPS) is 21.9. The first-order valence-electron chi connectivity index (χ1n) is 6.73. The highest BCUT2D eigenvalue weighted by Gasteiger charge is 2.20. The number of hydrogen-bond donors (Lipinski definition) is 2. The molecule has 0 aromatic rings. The molecule has 0 bridgehead atoms. The van der Waals surface area contributed by atoms with Gasteiger partial charge in [0, 0.05) is 19.2 Å². The summed E-state index contributed by atoms with van der Waals surface area (Å²) < 4.78 is 5.18. The molecule has 1 aliphatic rings. The molecular weight excluding hydrogens is 202 g/mol. The predicted octanol–water partition coefficient (Wildman–Crippen LogP) is 1.94. The molecular formula is C13H27NO2. The highest BCUT2D eigenvalue weighted by molar-refractivity contribution is 4.76. The van der Waals surface area contributed by atoms with Crippen molar-refractivity contribution in [3.63, 3.8) is 0 Å². The first-order chi connectivity index (χ1) is 7.74. The van der Waals surface area contributed by atoms with Crippen LogP contribution in [0.5, 0.6) is 0 Å². The molecule has 16 heavy (non-hydrogen) atoms. The summed E-state index contributed by atoms with van der Waals surface area (Å²) in [5.74, 6) is 0.799. The number of ether oxygens (including phenoxy) is 1. The summed E-state index contributed by atoms with van der Waals surface area (Å²) in [6.45, 7) is 5.96. The summed E-state index contributed by atoms with van der Waals surface area (Å²) >= 11 is 0. The highest BCUT2D eigenvalue weighted by Crippen LogP contribution is 2.26. The van der Waals surface area contributed by atoms with Crippen LogP contribution in [-0.2, 0) is 4.74 Å². The van der Waals surface area contributed by atoms with Crippen LogP contribution in [0.25, 0.3) is 0 Å². The van der Waals surface area contributed by atoms with Crippen molar-refractivity contribution < 1.29 is 9.84 Å². The largest absolute Gasteiger partial charge is 0.389 e. The second-order valence-electron chi connectivity index (χ2n) is 4.91. The van der Waals surface area contributed by atoms with Crippen molar-refractivity contribution in [1.29, 1.82) is 0 Å². The van der Waals surface area contributed by atoms with Gasteiger partial charge in [-0.1, -0.05) is 19.3 Å². The molecule has 0 saturated heterocycles. The molecule has 1 fully saturated rings. The summed E-state index contributed by atoms with van der Waals surface area (Å²) in [5, 5.41) is 13.1.